The molecule has 1 nitrogen and oxygen atoms in total. The summed E-state index contributed by atoms with van der Waals surface area (Å²) in [5.41, 5.74) is 6.41. The van der Waals surface area contributed by atoms with Crippen LogP contribution in [0, 0.1) is 6.92 Å². The van der Waals surface area contributed by atoms with E-state index in [1.54, 1.807) is 0 Å². The van der Waals surface area contributed by atoms with Gasteiger partial charge < -0.3 is 5.32 Å². The minimum atomic E-state index is 0.944. The van der Waals surface area contributed by atoms with Gasteiger partial charge in [-0.1, -0.05) is 48.1 Å². The molecule has 0 amide bonds. The third-order valence-corrected chi connectivity index (χ3v) is 3.59. The molecule has 0 aromatic heterocycles. The zero-order chi connectivity index (χ0) is 15.7. The van der Waals surface area contributed by atoms with Crippen molar-refractivity contribution in [3.8, 4) is 0 Å². The van der Waals surface area contributed by atoms with Crippen LogP contribution in [0.2, 0.25) is 0 Å². The Kier molecular flexibility index (Phi) is 7.60. The Morgan fingerprint density at radius 3 is 2.57 bits per heavy atom. The Bertz CT molecular complexity index is 508. The number of rotatable bonds is 9. The van der Waals surface area contributed by atoms with Crippen molar-refractivity contribution < 1.29 is 0 Å². The Balaban J connectivity index is 2.36. The van der Waals surface area contributed by atoms with E-state index in [0.717, 1.165) is 37.9 Å². The van der Waals surface area contributed by atoms with Crippen molar-refractivity contribution in [3.05, 3.63) is 65.9 Å². The van der Waals surface area contributed by atoms with Crippen molar-refractivity contribution in [1.82, 2.24) is 5.32 Å². The topological polar surface area (TPSA) is 12.0 Å². The predicted molar refractivity (Wildman–Crippen MR) is 95.3 cm³/mol. The summed E-state index contributed by atoms with van der Waals surface area (Å²) < 4.78 is 0. The van der Waals surface area contributed by atoms with E-state index in [0.29, 0.717) is 0 Å². The summed E-state index contributed by atoms with van der Waals surface area (Å²) in [5, 5.41) is 3.44. The van der Waals surface area contributed by atoms with Gasteiger partial charge in [-0.3, -0.25) is 0 Å². The van der Waals surface area contributed by atoms with E-state index in [9.17, 15) is 0 Å². The molecule has 1 N–H and O–H groups in total. The van der Waals surface area contributed by atoms with Gasteiger partial charge in [0.1, 0.15) is 0 Å². The molecule has 0 bridgehead atoms. The van der Waals surface area contributed by atoms with Gasteiger partial charge in [-0.05, 0) is 57.6 Å². The van der Waals surface area contributed by atoms with Gasteiger partial charge in [0.25, 0.3) is 0 Å². The average Bonchev–Trinajstić information content (AvgIpc) is 2.43. The van der Waals surface area contributed by atoms with E-state index in [4.69, 9.17) is 0 Å². The summed E-state index contributed by atoms with van der Waals surface area (Å²) >= 11 is 0. The lowest BCUT2D eigenvalue weighted by Gasteiger charge is -2.12. The van der Waals surface area contributed by atoms with Gasteiger partial charge in [0.2, 0.25) is 0 Å². The van der Waals surface area contributed by atoms with Crippen LogP contribution in [0.1, 0.15) is 50.7 Å². The van der Waals surface area contributed by atoms with E-state index in [1.807, 2.05) is 0 Å². The molecule has 0 heterocycles. The number of aryl methyl sites for hydroxylation is 1. The van der Waals surface area contributed by atoms with Gasteiger partial charge in [-0.25, -0.2) is 0 Å². The zero-order valence-electron chi connectivity index (χ0n) is 13.8. The summed E-state index contributed by atoms with van der Waals surface area (Å²) in [5.74, 6) is 0. The van der Waals surface area contributed by atoms with Gasteiger partial charge in [-0.15, -0.1) is 6.58 Å². The van der Waals surface area contributed by atoms with Gasteiger partial charge in [0, 0.05) is 12.2 Å². The third kappa shape index (κ3) is 6.99. The van der Waals surface area contributed by atoms with Crippen molar-refractivity contribution >= 4 is 5.57 Å². The SMILES string of the molecule is C=C(C)CCCC(=C)NCC/C(=C/C)c1cccc(C)c1. The first-order valence-electron chi connectivity index (χ1n) is 7.81. The second-order valence-corrected chi connectivity index (χ2v) is 5.77. The Morgan fingerprint density at radius 1 is 1.19 bits per heavy atom. The first-order chi connectivity index (χ1) is 10.0. The van der Waals surface area contributed by atoms with Crippen molar-refractivity contribution in [2.24, 2.45) is 0 Å². The van der Waals surface area contributed by atoms with Crippen LogP contribution < -0.4 is 5.32 Å². The molecule has 1 heteroatoms. The normalized spacial score (nSPS) is 11.3. The zero-order valence-corrected chi connectivity index (χ0v) is 13.8. The largest absolute Gasteiger partial charge is 0.388 e. The van der Waals surface area contributed by atoms with Crippen LogP contribution in [0.25, 0.3) is 5.57 Å². The quantitative estimate of drug-likeness (QED) is 0.578. The van der Waals surface area contributed by atoms with Crippen molar-refractivity contribution in [3.63, 3.8) is 0 Å². The molecular formula is C20H29N. The molecule has 0 fully saturated rings. The Hall–Kier alpha value is -1.76. The first-order valence-corrected chi connectivity index (χ1v) is 7.81. The monoisotopic (exact) mass is 283 g/mol. The second kappa shape index (κ2) is 9.23. The standard InChI is InChI=1S/C20H29N/c1-6-19(20-12-8-10-17(4)15-20)13-14-21-18(5)11-7-9-16(2)3/h6,8,10,12,15,21H,2,5,7,9,11,13-14H2,1,3-4H3/b19-6-. The second-order valence-electron chi connectivity index (χ2n) is 5.77. The lowest BCUT2D eigenvalue weighted by Crippen LogP contribution is -2.14. The molecule has 0 aliphatic heterocycles. The van der Waals surface area contributed by atoms with Crippen LogP contribution in [-0.2, 0) is 0 Å². The van der Waals surface area contributed by atoms with E-state index < -0.39 is 0 Å². The molecule has 0 aliphatic carbocycles. The molecule has 0 aliphatic rings. The molecule has 1 aromatic rings. The summed E-state index contributed by atoms with van der Waals surface area (Å²) in [7, 11) is 0. The summed E-state index contributed by atoms with van der Waals surface area (Å²) in [6, 6.07) is 8.69. The molecule has 114 valence electrons. The maximum atomic E-state index is 4.10. The summed E-state index contributed by atoms with van der Waals surface area (Å²) in [6.45, 7) is 15.3. The van der Waals surface area contributed by atoms with Crippen LogP contribution in [-0.4, -0.2) is 6.54 Å². The van der Waals surface area contributed by atoms with Gasteiger partial charge in [-0.2, -0.15) is 0 Å². The fourth-order valence-electron chi connectivity index (χ4n) is 2.37. The van der Waals surface area contributed by atoms with Crippen LogP contribution >= 0.6 is 0 Å². The average molecular weight is 283 g/mol. The lowest BCUT2D eigenvalue weighted by atomic mass is 10.0. The van der Waals surface area contributed by atoms with Crippen molar-refractivity contribution in [1.29, 1.82) is 0 Å². The smallest absolute Gasteiger partial charge is 0.0184 e. The van der Waals surface area contributed by atoms with E-state index >= 15 is 0 Å². The van der Waals surface area contributed by atoms with Crippen LogP contribution in [0.3, 0.4) is 0 Å². The van der Waals surface area contributed by atoms with E-state index in [-0.39, 0.29) is 0 Å². The number of hydrogen-bond acceptors (Lipinski definition) is 1. The summed E-state index contributed by atoms with van der Waals surface area (Å²) in [4.78, 5) is 0. The Morgan fingerprint density at radius 2 is 1.95 bits per heavy atom. The molecule has 1 aromatic carbocycles. The lowest BCUT2D eigenvalue weighted by molar-refractivity contribution is 0.714. The predicted octanol–water partition coefficient (Wildman–Crippen LogP) is 5.64. The van der Waals surface area contributed by atoms with Crippen molar-refractivity contribution in [2.45, 2.75) is 46.5 Å². The maximum Gasteiger partial charge on any atom is 0.0184 e. The van der Waals surface area contributed by atoms with Crippen LogP contribution in [0.15, 0.2) is 54.8 Å². The molecular weight excluding hydrogens is 254 g/mol. The van der Waals surface area contributed by atoms with Gasteiger partial charge in [0.05, 0.1) is 0 Å². The number of benzene rings is 1. The van der Waals surface area contributed by atoms with Crippen molar-refractivity contribution in [2.75, 3.05) is 6.54 Å². The van der Waals surface area contributed by atoms with E-state index in [1.165, 1.54) is 22.3 Å². The molecule has 0 saturated carbocycles. The molecule has 0 atom stereocenters. The van der Waals surface area contributed by atoms with Gasteiger partial charge >= 0.3 is 0 Å². The minimum Gasteiger partial charge on any atom is -0.388 e. The minimum absolute atomic E-state index is 0.944. The van der Waals surface area contributed by atoms with Crippen LogP contribution in [0.4, 0.5) is 0 Å². The van der Waals surface area contributed by atoms with E-state index in [2.05, 4.69) is 69.6 Å². The molecule has 0 spiro atoms. The van der Waals surface area contributed by atoms with Gasteiger partial charge in [0.15, 0.2) is 0 Å². The number of nitrogens with one attached hydrogen (secondary N) is 1. The highest BCUT2D eigenvalue weighted by atomic mass is 14.9. The number of allylic oxidation sites excluding steroid dienone is 3. The highest BCUT2D eigenvalue weighted by Gasteiger charge is 2.01. The first kappa shape index (κ1) is 17.3. The fourth-order valence-corrected chi connectivity index (χ4v) is 2.37. The molecule has 0 saturated heterocycles. The summed E-state index contributed by atoms with van der Waals surface area (Å²) in [6.07, 6.45) is 6.49. The molecule has 21 heavy (non-hydrogen) atoms. The maximum absolute atomic E-state index is 4.10. The molecule has 1 rings (SSSR count). The third-order valence-electron chi connectivity index (χ3n) is 3.59. The highest BCUT2D eigenvalue weighted by Crippen LogP contribution is 2.19. The molecule has 0 radical (unpaired) electrons. The fraction of sp³-hybridized carbons (Fsp3) is 0.400. The molecule has 0 unspecified atom stereocenters. The Labute approximate surface area is 130 Å². The van der Waals surface area contributed by atoms with Crippen LogP contribution in [0.5, 0.6) is 0 Å². The highest BCUT2D eigenvalue weighted by molar-refractivity contribution is 5.65. The number of hydrogen-bond donors (Lipinski definition) is 1.